The lowest BCUT2D eigenvalue weighted by Crippen LogP contribution is -2.37. The van der Waals surface area contributed by atoms with Crippen molar-refractivity contribution in [3.05, 3.63) is 11.8 Å². The Labute approximate surface area is 82.2 Å². The standard InChI is InChI=1S/C9H14O5/c1-4-6(14-11)7-5-8(10)13-9(2,3)12-7/h5-6,11H,4H2,1-3H3. The molecule has 0 aromatic carbocycles. The zero-order chi connectivity index (χ0) is 10.8. The molecule has 1 unspecified atom stereocenters. The molecule has 1 heterocycles. The number of cyclic esters (lactones) is 1. The molecule has 1 aliphatic heterocycles. The minimum Gasteiger partial charge on any atom is -0.454 e. The third kappa shape index (κ3) is 2.46. The first kappa shape index (κ1) is 11.0. The van der Waals surface area contributed by atoms with Crippen LogP contribution in [0.5, 0.6) is 0 Å². The van der Waals surface area contributed by atoms with Crippen molar-refractivity contribution in [1.29, 1.82) is 0 Å². The van der Waals surface area contributed by atoms with E-state index in [1.54, 1.807) is 20.8 Å². The Kier molecular flexibility index (Phi) is 3.13. The van der Waals surface area contributed by atoms with Gasteiger partial charge in [0, 0.05) is 13.8 Å². The van der Waals surface area contributed by atoms with Crippen molar-refractivity contribution >= 4 is 5.97 Å². The van der Waals surface area contributed by atoms with E-state index in [2.05, 4.69) is 4.89 Å². The molecule has 0 bridgehead atoms. The molecule has 0 spiro atoms. The molecule has 0 aliphatic carbocycles. The molecule has 1 N–H and O–H groups in total. The lowest BCUT2D eigenvalue weighted by molar-refractivity contribution is -0.288. The zero-order valence-corrected chi connectivity index (χ0v) is 8.44. The van der Waals surface area contributed by atoms with Crippen LogP contribution in [0.25, 0.3) is 0 Å². The van der Waals surface area contributed by atoms with Crippen LogP contribution in [0.4, 0.5) is 0 Å². The molecule has 0 radical (unpaired) electrons. The summed E-state index contributed by atoms with van der Waals surface area (Å²) in [7, 11) is 0. The van der Waals surface area contributed by atoms with Gasteiger partial charge in [0.1, 0.15) is 11.9 Å². The highest BCUT2D eigenvalue weighted by molar-refractivity contribution is 5.83. The molecule has 5 nitrogen and oxygen atoms in total. The van der Waals surface area contributed by atoms with E-state index < -0.39 is 17.9 Å². The first-order valence-corrected chi connectivity index (χ1v) is 4.42. The molecule has 5 heteroatoms. The second-order valence-electron chi connectivity index (χ2n) is 3.47. The van der Waals surface area contributed by atoms with E-state index >= 15 is 0 Å². The number of hydrogen-bond donors (Lipinski definition) is 1. The second kappa shape index (κ2) is 3.98. The van der Waals surface area contributed by atoms with Crippen molar-refractivity contribution in [1.82, 2.24) is 0 Å². The topological polar surface area (TPSA) is 65.0 Å². The van der Waals surface area contributed by atoms with E-state index in [0.717, 1.165) is 0 Å². The summed E-state index contributed by atoms with van der Waals surface area (Å²) in [6.07, 6.45) is 1.06. The Morgan fingerprint density at radius 1 is 1.57 bits per heavy atom. The summed E-state index contributed by atoms with van der Waals surface area (Å²) >= 11 is 0. The van der Waals surface area contributed by atoms with Crippen LogP contribution in [-0.4, -0.2) is 23.1 Å². The second-order valence-corrected chi connectivity index (χ2v) is 3.47. The fourth-order valence-corrected chi connectivity index (χ4v) is 1.21. The van der Waals surface area contributed by atoms with Crippen LogP contribution in [0.2, 0.25) is 0 Å². The molecule has 0 saturated heterocycles. The molecule has 1 rings (SSSR count). The summed E-state index contributed by atoms with van der Waals surface area (Å²) in [6.45, 7) is 5.03. The Morgan fingerprint density at radius 3 is 2.64 bits per heavy atom. The number of hydrogen-bond acceptors (Lipinski definition) is 5. The molecular formula is C9H14O5. The van der Waals surface area contributed by atoms with E-state index in [0.29, 0.717) is 6.42 Å². The van der Waals surface area contributed by atoms with Gasteiger partial charge in [-0.3, -0.25) is 5.26 Å². The highest BCUT2D eigenvalue weighted by Crippen LogP contribution is 2.25. The average molecular weight is 202 g/mol. The van der Waals surface area contributed by atoms with Gasteiger partial charge >= 0.3 is 5.97 Å². The van der Waals surface area contributed by atoms with Crippen LogP contribution in [0.1, 0.15) is 27.2 Å². The highest BCUT2D eigenvalue weighted by Gasteiger charge is 2.33. The fraction of sp³-hybridized carbons (Fsp3) is 0.667. The van der Waals surface area contributed by atoms with Crippen molar-refractivity contribution in [2.75, 3.05) is 0 Å². The molecule has 0 aromatic rings. The SMILES string of the molecule is CCC(OO)C1=CC(=O)OC(C)(C)O1. The van der Waals surface area contributed by atoms with Crippen LogP contribution in [0.3, 0.4) is 0 Å². The summed E-state index contributed by atoms with van der Waals surface area (Å²) in [5, 5.41) is 8.56. The zero-order valence-electron chi connectivity index (χ0n) is 8.44. The molecule has 1 atom stereocenters. The predicted molar refractivity (Wildman–Crippen MR) is 47.1 cm³/mol. The van der Waals surface area contributed by atoms with Crippen molar-refractivity contribution < 1.29 is 24.4 Å². The van der Waals surface area contributed by atoms with Crippen LogP contribution < -0.4 is 0 Å². The van der Waals surface area contributed by atoms with E-state index in [1.807, 2.05) is 0 Å². The van der Waals surface area contributed by atoms with Gasteiger partial charge in [-0.2, -0.15) is 0 Å². The van der Waals surface area contributed by atoms with E-state index in [1.165, 1.54) is 6.08 Å². The lowest BCUT2D eigenvalue weighted by atomic mass is 10.2. The lowest BCUT2D eigenvalue weighted by Gasteiger charge is -2.32. The fourth-order valence-electron chi connectivity index (χ4n) is 1.21. The van der Waals surface area contributed by atoms with Gasteiger partial charge in [0.15, 0.2) is 0 Å². The van der Waals surface area contributed by atoms with Gasteiger partial charge in [0.25, 0.3) is 0 Å². The van der Waals surface area contributed by atoms with Crippen molar-refractivity contribution in [3.63, 3.8) is 0 Å². The summed E-state index contributed by atoms with van der Waals surface area (Å²) in [5.41, 5.74) is 0. The molecule has 80 valence electrons. The maximum absolute atomic E-state index is 11.1. The smallest absolute Gasteiger partial charge is 0.337 e. The predicted octanol–water partition coefficient (Wildman–Crippen LogP) is 1.45. The summed E-state index contributed by atoms with van der Waals surface area (Å²) in [4.78, 5) is 15.3. The maximum atomic E-state index is 11.1. The van der Waals surface area contributed by atoms with Crippen LogP contribution in [0.15, 0.2) is 11.8 Å². The normalized spacial score (nSPS) is 22.0. The minimum absolute atomic E-state index is 0.288. The average Bonchev–Trinajstić information content (AvgIpc) is 2.02. The van der Waals surface area contributed by atoms with Gasteiger partial charge in [-0.15, -0.1) is 0 Å². The van der Waals surface area contributed by atoms with Crippen molar-refractivity contribution in [3.8, 4) is 0 Å². The van der Waals surface area contributed by atoms with Crippen molar-refractivity contribution in [2.45, 2.75) is 39.1 Å². The van der Waals surface area contributed by atoms with Gasteiger partial charge in [0.2, 0.25) is 5.79 Å². The summed E-state index contributed by atoms with van der Waals surface area (Å²) < 4.78 is 10.2. The first-order valence-electron chi connectivity index (χ1n) is 4.42. The molecular weight excluding hydrogens is 188 g/mol. The third-order valence-electron chi connectivity index (χ3n) is 1.79. The molecule has 0 saturated carbocycles. The Hall–Kier alpha value is -1.07. The number of rotatable bonds is 3. The summed E-state index contributed by atoms with van der Waals surface area (Å²) in [6, 6.07) is 0. The van der Waals surface area contributed by atoms with Gasteiger partial charge in [-0.05, 0) is 6.42 Å². The van der Waals surface area contributed by atoms with E-state index in [-0.39, 0.29) is 5.76 Å². The van der Waals surface area contributed by atoms with E-state index in [9.17, 15) is 4.79 Å². The third-order valence-corrected chi connectivity index (χ3v) is 1.79. The monoisotopic (exact) mass is 202 g/mol. The van der Waals surface area contributed by atoms with Gasteiger partial charge in [-0.1, -0.05) is 6.92 Å². The van der Waals surface area contributed by atoms with Crippen molar-refractivity contribution in [2.24, 2.45) is 0 Å². The Balaban J connectivity index is 2.83. The molecule has 14 heavy (non-hydrogen) atoms. The molecule has 0 amide bonds. The Morgan fingerprint density at radius 2 is 2.21 bits per heavy atom. The Bertz CT molecular complexity index is 252. The molecule has 0 fully saturated rings. The van der Waals surface area contributed by atoms with Gasteiger partial charge in [0.05, 0.1) is 6.08 Å². The van der Waals surface area contributed by atoms with Crippen LogP contribution >= 0.6 is 0 Å². The maximum Gasteiger partial charge on any atom is 0.337 e. The minimum atomic E-state index is -1.01. The van der Waals surface area contributed by atoms with Gasteiger partial charge < -0.3 is 9.47 Å². The number of carbonyl (C=O) groups excluding carboxylic acids is 1. The first-order chi connectivity index (χ1) is 6.48. The quantitative estimate of drug-likeness (QED) is 0.426. The molecule has 0 aromatic heterocycles. The summed E-state index contributed by atoms with van der Waals surface area (Å²) in [5.74, 6) is -1.21. The number of esters is 1. The van der Waals surface area contributed by atoms with E-state index in [4.69, 9.17) is 14.7 Å². The highest BCUT2D eigenvalue weighted by atomic mass is 17.1. The van der Waals surface area contributed by atoms with Crippen LogP contribution in [-0.2, 0) is 19.2 Å². The van der Waals surface area contributed by atoms with Gasteiger partial charge in [-0.25, -0.2) is 9.68 Å². The number of carbonyl (C=O) groups is 1. The number of ether oxygens (including phenoxy) is 2. The molecule has 1 aliphatic rings. The van der Waals surface area contributed by atoms with Crippen LogP contribution in [0, 0.1) is 0 Å². The largest absolute Gasteiger partial charge is 0.454 e.